The maximum absolute atomic E-state index is 12.0. The molecule has 6 heteroatoms. The molecule has 0 saturated heterocycles. The third-order valence-electron chi connectivity index (χ3n) is 2.69. The van der Waals surface area contributed by atoms with Crippen LogP contribution >= 0.6 is 0 Å². The molecule has 0 aliphatic carbocycles. The first kappa shape index (κ1) is 13.5. The number of amides is 1. The van der Waals surface area contributed by atoms with Crippen LogP contribution in [-0.4, -0.2) is 17.9 Å². The van der Waals surface area contributed by atoms with Crippen LogP contribution in [0.1, 0.15) is 10.4 Å². The fraction of sp³-hybridized carbons (Fsp3) is 0.0714. The average Bonchev–Trinajstić information content (AvgIpc) is 2.47. The molecule has 1 amide bonds. The first-order valence-corrected chi connectivity index (χ1v) is 5.81. The zero-order valence-electron chi connectivity index (χ0n) is 10.7. The molecule has 0 aromatic heterocycles. The number of anilines is 1. The Morgan fingerprint density at radius 2 is 1.85 bits per heavy atom. The number of hydrogen-bond acceptors (Lipinski definition) is 4. The molecule has 0 fully saturated rings. The predicted octanol–water partition coefficient (Wildman–Crippen LogP) is 2.86. The average molecular weight is 272 g/mol. The Labute approximate surface area is 115 Å². The van der Waals surface area contributed by atoms with E-state index in [0.29, 0.717) is 5.56 Å². The number of nitrogens with zero attached hydrogens (tertiary/aromatic N) is 1. The molecular weight excluding hydrogens is 260 g/mol. The monoisotopic (exact) mass is 272 g/mol. The van der Waals surface area contributed by atoms with E-state index in [1.165, 1.54) is 19.2 Å². The molecule has 20 heavy (non-hydrogen) atoms. The van der Waals surface area contributed by atoms with Crippen molar-refractivity contribution in [2.45, 2.75) is 0 Å². The Morgan fingerprint density at radius 1 is 1.15 bits per heavy atom. The van der Waals surface area contributed by atoms with Crippen molar-refractivity contribution in [2.24, 2.45) is 0 Å². The first-order chi connectivity index (χ1) is 9.63. The van der Waals surface area contributed by atoms with Crippen LogP contribution in [0.5, 0.6) is 5.75 Å². The maximum Gasteiger partial charge on any atom is 0.334 e. The Morgan fingerprint density at radius 3 is 2.45 bits per heavy atom. The number of para-hydroxylation sites is 1. The van der Waals surface area contributed by atoms with Gasteiger partial charge < -0.3 is 10.1 Å². The lowest BCUT2D eigenvalue weighted by molar-refractivity contribution is -0.384. The van der Waals surface area contributed by atoms with Gasteiger partial charge in [0.1, 0.15) is 5.69 Å². The van der Waals surface area contributed by atoms with Crippen LogP contribution < -0.4 is 10.1 Å². The summed E-state index contributed by atoms with van der Waals surface area (Å²) in [7, 11) is 1.34. The van der Waals surface area contributed by atoms with Crippen molar-refractivity contribution < 1.29 is 14.5 Å². The van der Waals surface area contributed by atoms with Gasteiger partial charge in [-0.3, -0.25) is 14.9 Å². The first-order valence-electron chi connectivity index (χ1n) is 5.81. The molecule has 2 aromatic rings. The van der Waals surface area contributed by atoms with Crippen molar-refractivity contribution >= 4 is 17.3 Å². The SMILES string of the molecule is COc1cccc(NC(=O)c2ccccc2)c1[N+](=O)[O-]. The Balaban J connectivity index is 2.34. The quantitative estimate of drug-likeness (QED) is 0.685. The number of nitro benzene ring substituents is 1. The third-order valence-corrected chi connectivity index (χ3v) is 2.69. The van der Waals surface area contributed by atoms with E-state index < -0.39 is 10.8 Å². The number of methoxy groups -OCH3 is 1. The van der Waals surface area contributed by atoms with Crippen LogP contribution in [0.4, 0.5) is 11.4 Å². The lowest BCUT2D eigenvalue weighted by Gasteiger charge is -2.08. The number of carbonyl (C=O) groups excluding carboxylic acids is 1. The van der Waals surface area contributed by atoms with Gasteiger partial charge in [-0.2, -0.15) is 0 Å². The summed E-state index contributed by atoms with van der Waals surface area (Å²) in [4.78, 5) is 22.5. The van der Waals surface area contributed by atoms with Gasteiger partial charge in [-0.1, -0.05) is 24.3 Å². The molecule has 2 aromatic carbocycles. The summed E-state index contributed by atoms with van der Waals surface area (Å²) in [5, 5.41) is 13.6. The summed E-state index contributed by atoms with van der Waals surface area (Å²) in [6, 6.07) is 13.0. The van der Waals surface area contributed by atoms with Crippen molar-refractivity contribution in [2.75, 3.05) is 12.4 Å². The van der Waals surface area contributed by atoms with Crippen molar-refractivity contribution in [1.29, 1.82) is 0 Å². The highest BCUT2D eigenvalue weighted by molar-refractivity contribution is 6.05. The van der Waals surface area contributed by atoms with Crippen LogP contribution in [-0.2, 0) is 0 Å². The summed E-state index contributed by atoms with van der Waals surface area (Å²) in [5.41, 5.74) is 0.257. The van der Waals surface area contributed by atoms with Gasteiger partial charge in [0.25, 0.3) is 5.91 Å². The molecular formula is C14H12N2O4. The smallest absolute Gasteiger partial charge is 0.334 e. The highest BCUT2D eigenvalue weighted by Gasteiger charge is 2.22. The lowest BCUT2D eigenvalue weighted by Crippen LogP contribution is -2.13. The number of nitro groups is 1. The Kier molecular flexibility index (Phi) is 3.95. The minimum absolute atomic E-state index is 0.0980. The van der Waals surface area contributed by atoms with Crippen molar-refractivity contribution in [1.82, 2.24) is 0 Å². The number of hydrogen-bond donors (Lipinski definition) is 1. The second kappa shape index (κ2) is 5.83. The summed E-state index contributed by atoms with van der Waals surface area (Å²) < 4.78 is 4.94. The van der Waals surface area contributed by atoms with Crippen LogP contribution in [0.2, 0.25) is 0 Å². The fourth-order valence-electron chi connectivity index (χ4n) is 1.76. The second-order valence-electron chi connectivity index (χ2n) is 3.93. The molecule has 2 rings (SSSR count). The predicted molar refractivity (Wildman–Crippen MR) is 74.0 cm³/mol. The minimum Gasteiger partial charge on any atom is -0.490 e. The van der Waals surface area contributed by atoms with Crippen LogP contribution in [0.25, 0.3) is 0 Å². The van der Waals surface area contributed by atoms with Crippen LogP contribution in [0, 0.1) is 10.1 Å². The topological polar surface area (TPSA) is 81.5 Å². The molecule has 0 radical (unpaired) electrons. The fourth-order valence-corrected chi connectivity index (χ4v) is 1.76. The molecule has 0 heterocycles. The highest BCUT2D eigenvalue weighted by Crippen LogP contribution is 2.34. The van der Waals surface area contributed by atoms with E-state index >= 15 is 0 Å². The van der Waals surface area contributed by atoms with Gasteiger partial charge in [0.2, 0.25) is 0 Å². The number of nitrogens with one attached hydrogen (secondary N) is 1. The minimum atomic E-state index is -0.584. The molecule has 0 bridgehead atoms. The van der Waals surface area contributed by atoms with Crippen molar-refractivity contribution in [3.8, 4) is 5.75 Å². The molecule has 0 aliphatic heterocycles. The largest absolute Gasteiger partial charge is 0.490 e. The number of benzene rings is 2. The van der Waals surface area contributed by atoms with E-state index in [2.05, 4.69) is 5.32 Å². The summed E-state index contributed by atoms with van der Waals surface area (Å²) in [6.45, 7) is 0. The van der Waals surface area contributed by atoms with Crippen molar-refractivity contribution in [3.63, 3.8) is 0 Å². The molecule has 0 spiro atoms. The van der Waals surface area contributed by atoms with Gasteiger partial charge in [0.15, 0.2) is 5.75 Å². The van der Waals surface area contributed by atoms with Gasteiger partial charge in [0, 0.05) is 5.56 Å². The molecule has 6 nitrogen and oxygen atoms in total. The number of rotatable bonds is 4. The van der Waals surface area contributed by atoms with E-state index in [4.69, 9.17) is 4.74 Å². The number of ether oxygens (including phenoxy) is 1. The summed E-state index contributed by atoms with van der Waals surface area (Å²) in [6.07, 6.45) is 0. The highest BCUT2D eigenvalue weighted by atomic mass is 16.6. The van der Waals surface area contributed by atoms with E-state index in [1.807, 2.05) is 0 Å². The normalized spacial score (nSPS) is 9.85. The van der Waals surface area contributed by atoms with Gasteiger partial charge >= 0.3 is 5.69 Å². The van der Waals surface area contributed by atoms with E-state index in [9.17, 15) is 14.9 Å². The summed E-state index contributed by atoms with van der Waals surface area (Å²) in [5.74, 6) is -0.317. The van der Waals surface area contributed by atoms with Gasteiger partial charge in [-0.25, -0.2) is 0 Å². The number of carbonyl (C=O) groups is 1. The maximum atomic E-state index is 12.0. The molecule has 0 unspecified atom stereocenters. The third kappa shape index (κ3) is 2.74. The molecule has 0 atom stereocenters. The zero-order valence-corrected chi connectivity index (χ0v) is 10.7. The van der Waals surface area contributed by atoms with Gasteiger partial charge in [-0.15, -0.1) is 0 Å². The van der Waals surface area contributed by atoms with Gasteiger partial charge in [0.05, 0.1) is 12.0 Å². The Bertz CT molecular complexity index is 641. The van der Waals surface area contributed by atoms with E-state index in [-0.39, 0.29) is 17.1 Å². The van der Waals surface area contributed by atoms with Crippen LogP contribution in [0.3, 0.4) is 0 Å². The van der Waals surface area contributed by atoms with E-state index in [0.717, 1.165) is 0 Å². The van der Waals surface area contributed by atoms with Gasteiger partial charge in [-0.05, 0) is 24.3 Å². The van der Waals surface area contributed by atoms with Crippen molar-refractivity contribution in [3.05, 3.63) is 64.2 Å². The Hall–Kier alpha value is -2.89. The second-order valence-corrected chi connectivity index (χ2v) is 3.93. The molecule has 0 saturated carbocycles. The zero-order chi connectivity index (χ0) is 14.5. The standard InChI is InChI=1S/C14H12N2O4/c1-20-12-9-5-8-11(13(12)16(18)19)15-14(17)10-6-3-2-4-7-10/h2-9H,1H3,(H,15,17). The van der Waals surface area contributed by atoms with Crippen LogP contribution in [0.15, 0.2) is 48.5 Å². The molecule has 1 N–H and O–H groups in total. The molecule has 102 valence electrons. The molecule has 0 aliphatic rings. The van der Waals surface area contributed by atoms with E-state index in [1.54, 1.807) is 36.4 Å². The summed E-state index contributed by atoms with van der Waals surface area (Å²) >= 11 is 0. The lowest BCUT2D eigenvalue weighted by atomic mass is 10.2.